The highest BCUT2D eigenvalue weighted by atomic mass is 19.3. The van der Waals surface area contributed by atoms with Crippen LogP contribution in [0.1, 0.15) is 22.3 Å². The van der Waals surface area contributed by atoms with Gasteiger partial charge in [-0.1, -0.05) is 30.3 Å². The number of benzene rings is 2. The van der Waals surface area contributed by atoms with Crippen molar-refractivity contribution in [3.8, 4) is 5.75 Å². The summed E-state index contributed by atoms with van der Waals surface area (Å²) >= 11 is 0. The van der Waals surface area contributed by atoms with Gasteiger partial charge >= 0.3 is 6.61 Å². The number of fused-ring (bicyclic) bond motifs is 2. The number of piperazine rings is 1. The molecule has 2 saturated heterocycles. The molecule has 0 spiro atoms. The van der Waals surface area contributed by atoms with Gasteiger partial charge in [-0.25, -0.2) is 0 Å². The van der Waals surface area contributed by atoms with Gasteiger partial charge in [0.1, 0.15) is 5.75 Å². The van der Waals surface area contributed by atoms with Gasteiger partial charge in [0.05, 0.1) is 0 Å². The third-order valence-electron chi connectivity index (χ3n) is 5.70. The molecule has 2 heterocycles. The molecule has 2 bridgehead atoms. The van der Waals surface area contributed by atoms with E-state index in [-0.39, 0.29) is 17.7 Å². The molecular formula is C22H25F2N3O2. The molecular weight excluding hydrogens is 376 g/mol. The van der Waals surface area contributed by atoms with E-state index in [0.29, 0.717) is 19.1 Å². The summed E-state index contributed by atoms with van der Waals surface area (Å²) in [6.45, 7) is 1.23. The summed E-state index contributed by atoms with van der Waals surface area (Å²) in [5, 5.41) is 3.45. The number of rotatable bonds is 7. The van der Waals surface area contributed by atoms with Gasteiger partial charge in [0.25, 0.3) is 5.91 Å². The van der Waals surface area contributed by atoms with Crippen LogP contribution >= 0.6 is 0 Å². The number of nitrogens with zero attached hydrogens (tertiary/aromatic N) is 2. The number of halogens is 2. The van der Waals surface area contributed by atoms with Crippen molar-refractivity contribution in [2.45, 2.75) is 31.7 Å². The van der Waals surface area contributed by atoms with E-state index in [1.807, 2.05) is 35.2 Å². The molecule has 2 fully saturated rings. The van der Waals surface area contributed by atoms with Crippen LogP contribution in [0.5, 0.6) is 5.75 Å². The van der Waals surface area contributed by atoms with E-state index in [9.17, 15) is 13.6 Å². The highest BCUT2D eigenvalue weighted by Gasteiger charge is 2.40. The minimum absolute atomic E-state index is 0.108. The normalized spacial score (nSPS) is 23.4. The van der Waals surface area contributed by atoms with Crippen molar-refractivity contribution in [1.82, 2.24) is 15.1 Å². The average Bonchev–Trinajstić information content (AvgIpc) is 3.15. The zero-order chi connectivity index (χ0) is 20.2. The summed E-state index contributed by atoms with van der Waals surface area (Å²) in [5.41, 5.74) is 1.74. The van der Waals surface area contributed by atoms with Gasteiger partial charge in [-0.2, -0.15) is 8.78 Å². The molecule has 1 amide bonds. The van der Waals surface area contributed by atoms with Crippen molar-refractivity contribution < 1.29 is 18.3 Å². The Morgan fingerprint density at radius 3 is 2.59 bits per heavy atom. The molecule has 29 heavy (non-hydrogen) atoms. The zero-order valence-electron chi connectivity index (χ0n) is 16.1. The van der Waals surface area contributed by atoms with Gasteiger partial charge in [-0.3, -0.25) is 9.69 Å². The third kappa shape index (κ3) is 4.74. The van der Waals surface area contributed by atoms with E-state index in [1.165, 1.54) is 0 Å². The lowest BCUT2D eigenvalue weighted by molar-refractivity contribution is -0.0498. The van der Waals surface area contributed by atoms with Gasteiger partial charge in [0.2, 0.25) is 0 Å². The number of carbonyl (C=O) groups excluding carboxylic acids is 1. The molecule has 0 radical (unpaired) electrons. The molecule has 4 rings (SSSR count). The molecule has 7 heteroatoms. The Balaban J connectivity index is 1.32. The van der Waals surface area contributed by atoms with Crippen LogP contribution in [0.3, 0.4) is 0 Å². The molecule has 2 aliphatic heterocycles. The van der Waals surface area contributed by atoms with E-state index in [1.54, 1.807) is 24.3 Å². The summed E-state index contributed by atoms with van der Waals surface area (Å²) in [4.78, 5) is 17.4. The maximum Gasteiger partial charge on any atom is 0.387 e. The van der Waals surface area contributed by atoms with Gasteiger partial charge in [0, 0.05) is 50.4 Å². The first kappa shape index (κ1) is 19.8. The Kier molecular flexibility index (Phi) is 6.06. The van der Waals surface area contributed by atoms with E-state index < -0.39 is 6.61 Å². The van der Waals surface area contributed by atoms with Gasteiger partial charge < -0.3 is 15.0 Å². The van der Waals surface area contributed by atoms with Crippen LogP contribution in [-0.4, -0.2) is 60.6 Å². The van der Waals surface area contributed by atoms with Crippen molar-refractivity contribution in [3.05, 3.63) is 65.7 Å². The number of amides is 1. The summed E-state index contributed by atoms with van der Waals surface area (Å²) < 4.78 is 28.8. The molecule has 1 N–H and O–H groups in total. The average molecular weight is 401 g/mol. The molecule has 1 unspecified atom stereocenters. The fourth-order valence-corrected chi connectivity index (χ4v) is 4.21. The second-order valence-corrected chi connectivity index (χ2v) is 7.57. The predicted octanol–water partition coefficient (Wildman–Crippen LogP) is 2.98. The first-order valence-corrected chi connectivity index (χ1v) is 9.94. The van der Waals surface area contributed by atoms with Crippen molar-refractivity contribution in [2.75, 3.05) is 26.2 Å². The largest absolute Gasteiger partial charge is 0.435 e. The lowest BCUT2D eigenvalue weighted by Crippen LogP contribution is -2.57. The fraction of sp³-hybridized carbons (Fsp3) is 0.409. The second kappa shape index (κ2) is 8.88. The molecule has 2 aromatic rings. The first-order valence-electron chi connectivity index (χ1n) is 9.94. The maximum atomic E-state index is 13.0. The Bertz CT molecular complexity index is 817. The number of hydrogen-bond donors (Lipinski definition) is 1. The fourth-order valence-electron chi connectivity index (χ4n) is 4.21. The standard InChI is InChI=1S/C22H25F2N3O2/c23-22(24)29-20-8-6-16(7-9-20)12-25-13-19-15-27(18-10-11-26(19)14-18)21(28)17-4-2-1-3-5-17/h1-9,18-19,22,25H,10-15H2/t18-,19-/m0/s1. The minimum Gasteiger partial charge on any atom is -0.435 e. The Morgan fingerprint density at radius 1 is 1.10 bits per heavy atom. The number of ether oxygens (including phenoxy) is 1. The van der Waals surface area contributed by atoms with E-state index in [2.05, 4.69) is 15.0 Å². The Labute approximate surface area is 169 Å². The summed E-state index contributed by atoms with van der Waals surface area (Å²) in [6, 6.07) is 16.7. The first-order chi connectivity index (χ1) is 14.1. The van der Waals surface area contributed by atoms with Crippen LogP contribution in [0.2, 0.25) is 0 Å². The lowest BCUT2D eigenvalue weighted by Gasteiger charge is -2.40. The number of alkyl halides is 2. The van der Waals surface area contributed by atoms with Crippen molar-refractivity contribution >= 4 is 5.91 Å². The molecule has 0 aromatic heterocycles. The SMILES string of the molecule is O=C(c1ccccc1)N1C[C@H](CNCc2ccc(OC(F)F)cc2)N2CC[C@H]1C2. The van der Waals surface area contributed by atoms with Crippen LogP contribution in [0, 0.1) is 0 Å². The highest BCUT2D eigenvalue weighted by Crippen LogP contribution is 2.26. The number of hydrogen-bond acceptors (Lipinski definition) is 4. The number of carbonyl (C=O) groups is 1. The summed E-state index contributed by atoms with van der Waals surface area (Å²) in [5.74, 6) is 0.269. The second-order valence-electron chi connectivity index (χ2n) is 7.57. The lowest BCUT2D eigenvalue weighted by atomic mass is 10.1. The summed E-state index contributed by atoms with van der Waals surface area (Å²) in [6.07, 6.45) is 1.01. The van der Waals surface area contributed by atoms with Crippen LogP contribution in [-0.2, 0) is 6.54 Å². The highest BCUT2D eigenvalue weighted by molar-refractivity contribution is 5.94. The van der Waals surface area contributed by atoms with Crippen molar-refractivity contribution in [2.24, 2.45) is 0 Å². The van der Waals surface area contributed by atoms with Crippen LogP contribution < -0.4 is 10.1 Å². The van der Waals surface area contributed by atoms with Gasteiger partial charge in [0.15, 0.2) is 0 Å². The monoisotopic (exact) mass is 401 g/mol. The molecule has 0 aliphatic carbocycles. The van der Waals surface area contributed by atoms with Crippen LogP contribution in [0.15, 0.2) is 54.6 Å². The van der Waals surface area contributed by atoms with Crippen molar-refractivity contribution in [1.29, 1.82) is 0 Å². The summed E-state index contributed by atoms with van der Waals surface area (Å²) in [7, 11) is 0. The Hall–Kier alpha value is -2.51. The van der Waals surface area contributed by atoms with Crippen molar-refractivity contribution in [3.63, 3.8) is 0 Å². The van der Waals surface area contributed by atoms with E-state index in [4.69, 9.17) is 0 Å². The molecule has 5 nitrogen and oxygen atoms in total. The molecule has 3 atom stereocenters. The molecule has 0 saturated carbocycles. The third-order valence-corrected chi connectivity index (χ3v) is 5.70. The van der Waals surface area contributed by atoms with Gasteiger partial charge in [-0.15, -0.1) is 0 Å². The minimum atomic E-state index is -2.81. The van der Waals surface area contributed by atoms with Crippen LogP contribution in [0.25, 0.3) is 0 Å². The van der Waals surface area contributed by atoms with Gasteiger partial charge in [-0.05, 0) is 36.2 Å². The van der Waals surface area contributed by atoms with Crippen LogP contribution in [0.4, 0.5) is 8.78 Å². The van der Waals surface area contributed by atoms with E-state index >= 15 is 0 Å². The zero-order valence-corrected chi connectivity index (χ0v) is 16.1. The molecule has 2 aliphatic rings. The predicted molar refractivity (Wildman–Crippen MR) is 106 cm³/mol. The van der Waals surface area contributed by atoms with E-state index in [0.717, 1.165) is 37.2 Å². The Morgan fingerprint density at radius 2 is 1.86 bits per heavy atom. The smallest absolute Gasteiger partial charge is 0.387 e. The number of nitrogens with one attached hydrogen (secondary N) is 1. The maximum absolute atomic E-state index is 13.0. The topological polar surface area (TPSA) is 44.8 Å². The molecule has 2 aromatic carbocycles. The molecule has 154 valence electrons. The quantitative estimate of drug-likeness (QED) is 0.775.